The van der Waals surface area contributed by atoms with E-state index in [1.54, 1.807) is 26.2 Å². The first-order valence-corrected chi connectivity index (χ1v) is 10.4. The molecule has 0 bridgehead atoms. The van der Waals surface area contributed by atoms with Gasteiger partial charge in [-0.15, -0.1) is 0 Å². The van der Waals surface area contributed by atoms with Gasteiger partial charge in [0.1, 0.15) is 23.3 Å². The van der Waals surface area contributed by atoms with Crippen molar-refractivity contribution in [3.63, 3.8) is 0 Å². The Morgan fingerprint density at radius 1 is 1.00 bits per heavy atom. The van der Waals surface area contributed by atoms with E-state index in [0.29, 0.717) is 31.7 Å². The van der Waals surface area contributed by atoms with E-state index in [4.69, 9.17) is 14.2 Å². The maximum absolute atomic E-state index is 13.1. The zero-order chi connectivity index (χ0) is 22.6. The Balaban J connectivity index is 2.01. The number of nitrogens with one attached hydrogen (secondary N) is 1. The summed E-state index contributed by atoms with van der Waals surface area (Å²) in [4.78, 5) is 27.1. The van der Waals surface area contributed by atoms with Crippen molar-refractivity contribution in [2.45, 2.75) is 38.8 Å². The molecule has 0 aliphatic rings. The molecule has 168 valence electrons. The van der Waals surface area contributed by atoms with E-state index in [2.05, 4.69) is 5.32 Å². The highest BCUT2D eigenvalue weighted by Crippen LogP contribution is 2.19. The Kier molecular flexibility index (Phi) is 9.68. The fourth-order valence-corrected chi connectivity index (χ4v) is 3.28. The molecule has 0 radical (unpaired) electrons. The molecule has 2 aromatic rings. The van der Waals surface area contributed by atoms with Gasteiger partial charge in [-0.1, -0.05) is 19.1 Å². The highest BCUT2D eigenvalue weighted by atomic mass is 16.5. The summed E-state index contributed by atoms with van der Waals surface area (Å²) in [5.74, 6) is 1.93. The minimum absolute atomic E-state index is 0.0865. The maximum atomic E-state index is 13.1. The lowest BCUT2D eigenvalue weighted by Gasteiger charge is -2.30. The van der Waals surface area contributed by atoms with Crippen LogP contribution < -0.4 is 19.5 Å². The summed E-state index contributed by atoms with van der Waals surface area (Å²) >= 11 is 0. The van der Waals surface area contributed by atoms with Crippen LogP contribution in [0.1, 0.15) is 31.7 Å². The van der Waals surface area contributed by atoms with Crippen LogP contribution in [0.5, 0.6) is 17.2 Å². The van der Waals surface area contributed by atoms with Crippen molar-refractivity contribution in [3.8, 4) is 17.2 Å². The first-order valence-electron chi connectivity index (χ1n) is 10.4. The number of methoxy groups -OCH3 is 2. The van der Waals surface area contributed by atoms with Crippen molar-refractivity contribution in [2.24, 2.45) is 0 Å². The normalized spacial score (nSPS) is 11.4. The van der Waals surface area contributed by atoms with Crippen molar-refractivity contribution >= 4 is 11.8 Å². The van der Waals surface area contributed by atoms with Crippen molar-refractivity contribution in [2.75, 3.05) is 27.9 Å². The zero-order valence-corrected chi connectivity index (χ0v) is 18.7. The van der Waals surface area contributed by atoms with Crippen molar-refractivity contribution in [1.82, 2.24) is 10.2 Å². The van der Waals surface area contributed by atoms with Crippen LogP contribution in [0, 0.1) is 0 Å². The number of carbonyl (C=O) groups is 2. The van der Waals surface area contributed by atoms with E-state index >= 15 is 0 Å². The number of nitrogens with zero attached hydrogens (tertiary/aromatic N) is 1. The summed E-state index contributed by atoms with van der Waals surface area (Å²) in [6.07, 6.45) is 1.36. The molecule has 2 aromatic carbocycles. The van der Waals surface area contributed by atoms with Crippen molar-refractivity contribution < 1.29 is 23.8 Å². The van der Waals surface area contributed by atoms with E-state index in [0.717, 1.165) is 17.1 Å². The Bertz CT molecular complexity index is 838. The number of carbonyl (C=O) groups excluding carboxylic acids is 2. The van der Waals surface area contributed by atoms with Gasteiger partial charge in [0, 0.05) is 20.0 Å². The van der Waals surface area contributed by atoms with Crippen LogP contribution in [-0.2, 0) is 16.1 Å². The number of ether oxygens (including phenoxy) is 3. The quantitative estimate of drug-likeness (QED) is 0.524. The van der Waals surface area contributed by atoms with Crippen LogP contribution in [0.3, 0.4) is 0 Å². The van der Waals surface area contributed by atoms with E-state index in [1.165, 1.54) is 0 Å². The summed E-state index contributed by atoms with van der Waals surface area (Å²) in [5, 5.41) is 2.67. The molecule has 0 spiro atoms. The Hall–Kier alpha value is -3.22. The van der Waals surface area contributed by atoms with Gasteiger partial charge in [0.2, 0.25) is 11.8 Å². The second kappa shape index (κ2) is 12.5. The number of likely N-dealkylation sites (N-methyl/N-ethyl adjacent to an activating group) is 1. The summed E-state index contributed by atoms with van der Waals surface area (Å²) in [5.41, 5.74) is 0.907. The lowest BCUT2D eigenvalue weighted by Crippen LogP contribution is -2.48. The third-order valence-electron chi connectivity index (χ3n) is 4.98. The van der Waals surface area contributed by atoms with Crippen LogP contribution in [0.25, 0.3) is 0 Å². The van der Waals surface area contributed by atoms with Gasteiger partial charge >= 0.3 is 0 Å². The predicted molar refractivity (Wildman–Crippen MR) is 119 cm³/mol. The highest BCUT2D eigenvalue weighted by molar-refractivity contribution is 5.87. The van der Waals surface area contributed by atoms with E-state index in [1.807, 2.05) is 55.5 Å². The average molecular weight is 429 g/mol. The van der Waals surface area contributed by atoms with Gasteiger partial charge in [-0.2, -0.15) is 0 Å². The van der Waals surface area contributed by atoms with Crippen LogP contribution in [-0.4, -0.2) is 50.6 Å². The Labute approximate surface area is 184 Å². The molecule has 0 aromatic heterocycles. The molecule has 31 heavy (non-hydrogen) atoms. The number of hydrogen-bond donors (Lipinski definition) is 1. The minimum Gasteiger partial charge on any atom is -0.497 e. The molecule has 0 fully saturated rings. The minimum atomic E-state index is -0.536. The second-order valence-electron chi connectivity index (χ2n) is 7.04. The number of hydrogen-bond acceptors (Lipinski definition) is 5. The first kappa shape index (κ1) is 24.1. The molecule has 2 rings (SSSR count). The van der Waals surface area contributed by atoms with Crippen LogP contribution in [0.2, 0.25) is 0 Å². The smallest absolute Gasteiger partial charge is 0.242 e. The summed E-state index contributed by atoms with van der Waals surface area (Å²) < 4.78 is 16.1. The molecule has 0 unspecified atom stereocenters. The summed E-state index contributed by atoms with van der Waals surface area (Å²) in [7, 11) is 4.80. The summed E-state index contributed by atoms with van der Waals surface area (Å²) in [6.45, 7) is 2.64. The molecular formula is C24H32N2O5. The standard InChI is InChI=1S/C24H32N2O5/c1-5-22(24(28)25-2)26(17-18-8-6-9-21(16-18)30-4)23(27)10-7-15-31-20-13-11-19(29-3)12-14-20/h6,8-9,11-14,16,22H,5,7,10,15,17H2,1-4H3,(H,25,28)/t22-/m0/s1. The fourth-order valence-electron chi connectivity index (χ4n) is 3.28. The molecule has 7 heteroatoms. The van der Waals surface area contributed by atoms with Crippen molar-refractivity contribution in [1.29, 1.82) is 0 Å². The first-order chi connectivity index (χ1) is 15.0. The average Bonchev–Trinajstić information content (AvgIpc) is 2.81. The molecule has 7 nitrogen and oxygen atoms in total. The Morgan fingerprint density at radius 2 is 1.68 bits per heavy atom. The fraction of sp³-hybridized carbons (Fsp3) is 0.417. The van der Waals surface area contributed by atoms with Gasteiger partial charge in [0.25, 0.3) is 0 Å². The largest absolute Gasteiger partial charge is 0.497 e. The van der Waals surface area contributed by atoms with Gasteiger partial charge < -0.3 is 24.4 Å². The van der Waals surface area contributed by atoms with Crippen molar-refractivity contribution in [3.05, 3.63) is 54.1 Å². The third-order valence-corrected chi connectivity index (χ3v) is 4.98. The predicted octanol–water partition coefficient (Wildman–Crippen LogP) is 3.42. The number of amides is 2. The molecule has 1 N–H and O–H groups in total. The molecule has 2 amide bonds. The Morgan fingerprint density at radius 3 is 2.29 bits per heavy atom. The summed E-state index contributed by atoms with van der Waals surface area (Å²) in [6, 6.07) is 14.3. The maximum Gasteiger partial charge on any atom is 0.242 e. The van der Waals surface area contributed by atoms with Crippen LogP contribution >= 0.6 is 0 Å². The van der Waals surface area contributed by atoms with Gasteiger partial charge in [0.05, 0.1) is 20.8 Å². The molecular weight excluding hydrogens is 396 g/mol. The monoisotopic (exact) mass is 428 g/mol. The lowest BCUT2D eigenvalue weighted by atomic mass is 10.1. The van der Waals surface area contributed by atoms with Gasteiger partial charge in [-0.3, -0.25) is 9.59 Å². The molecule has 0 aliphatic carbocycles. The molecule has 0 heterocycles. The van der Waals surface area contributed by atoms with E-state index in [-0.39, 0.29) is 18.2 Å². The zero-order valence-electron chi connectivity index (χ0n) is 18.7. The van der Waals surface area contributed by atoms with Gasteiger partial charge in [-0.25, -0.2) is 0 Å². The SMILES string of the molecule is CC[C@@H](C(=O)NC)N(Cc1cccc(OC)c1)C(=O)CCCOc1ccc(OC)cc1. The van der Waals surface area contributed by atoms with Gasteiger partial charge in [0.15, 0.2) is 0 Å². The van der Waals surface area contributed by atoms with E-state index in [9.17, 15) is 9.59 Å². The van der Waals surface area contributed by atoms with Crippen LogP contribution in [0.15, 0.2) is 48.5 Å². The second-order valence-corrected chi connectivity index (χ2v) is 7.04. The number of benzene rings is 2. The van der Waals surface area contributed by atoms with Crippen LogP contribution in [0.4, 0.5) is 0 Å². The highest BCUT2D eigenvalue weighted by Gasteiger charge is 2.27. The third kappa shape index (κ3) is 7.20. The molecule has 0 saturated heterocycles. The lowest BCUT2D eigenvalue weighted by molar-refractivity contribution is -0.141. The van der Waals surface area contributed by atoms with Gasteiger partial charge in [-0.05, 0) is 54.8 Å². The molecule has 0 saturated carbocycles. The molecule has 0 aliphatic heterocycles. The number of rotatable bonds is 12. The topological polar surface area (TPSA) is 77.1 Å². The molecule has 1 atom stereocenters. The van der Waals surface area contributed by atoms with E-state index < -0.39 is 6.04 Å².